The van der Waals surface area contributed by atoms with E-state index < -0.39 is 19.8 Å². The molecule has 0 spiro atoms. The number of nitrogens with zero attached hydrogens (tertiary/aromatic N) is 3. The predicted molar refractivity (Wildman–Crippen MR) is 74.1 cm³/mol. The summed E-state index contributed by atoms with van der Waals surface area (Å²) in [5, 5.41) is 4.02. The molecule has 21 heavy (non-hydrogen) atoms. The lowest BCUT2D eigenvalue weighted by molar-refractivity contribution is 0.278. The zero-order valence-electron chi connectivity index (χ0n) is 11.2. The third kappa shape index (κ3) is 3.92. The van der Waals surface area contributed by atoms with Gasteiger partial charge in [0, 0.05) is 17.2 Å². The number of benzene rings is 1. The highest BCUT2D eigenvalue weighted by atomic mass is 35.7. The lowest BCUT2D eigenvalue weighted by Crippen LogP contribution is -2.09. The molecule has 0 radical (unpaired) electrons. The quantitative estimate of drug-likeness (QED) is 0.758. The largest absolute Gasteiger partial charge is 0.484 e. The van der Waals surface area contributed by atoms with Gasteiger partial charge in [0.05, 0.1) is 0 Å². The molecule has 2 aromatic rings. The third-order valence-corrected chi connectivity index (χ3v) is 4.00. The monoisotopic (exact) mass is 333 g/mol. The molecule has 0 bridgehead atoms. The molecule has 9 heteroatoms. The van der Waals surface area contributed by atoms with Crippen molar-refractivity contribution >= 4 is 19.7 Å². The zero-order chi connectivity index (χ0) is 15.5. The van der Waals surface area contributed by atoms with Crippen molar-refractivity contribution in [2.45, 2.75) is 31.4 Å². The molecule has 0 amide bonds. The van der Waals surface area contributed by atoms with E-state index in [2.05, 4.69) is 10.1 Å². The average molecular weight is 334 g/mol. The maximum Gasteiger partial charge on any atom is 0.265 e. The number of hydrogen-bond donors (Lipinski definition) is 0. The zero-order valence-corrected chi connectivity index (χ0v) is 12.7. The third-order valence-electron chi connectivity index (χ3n) is 2.66. The molecule has 0 aliphatic heterocycles. The maximum absolute atomic E-state index is 13.2. The molecule has 0 aliphatic rings. The highest BCUT2D eigenvalue weighted by Crippen LogP contribution is 2.28. The Morgan fingerprint density at radius 2 is 2.19 bits per heavy atom. The highest BCUT2D eigenvalue weighted by molar-refractivity contribution is 8.13. The Morgan fingerprint density at radius 3 is 2.86 bits per heavy atom. The van der Waals surface area contributed by atoms with Crippen LogP contribution in [0.25, 0.3) is 0 Å². The number of hydrogen-bond acceptors (Lipinski definition) is 5. The Kier molecular flexibility index (Phi) is 4.79. The van der Waals surface area contributed by atoms with Crippen LogP contribution in [0.2, 0.25) is 0 Å². The molecule has 0 fully saturated rings. The van der Waals surface area contributed by atoms with Crippen LogP contribution in [0.5, 0.6) is 5.75 Å². The lowest BCUT2D eigenvalue weighted by atomic mass is 10.3. The smallest absolute Gasteiger partial charge is 0.265 e. The summed E-state index contributed by atoms with van der Waals surface area (Å²) in [6, 6.07) is 3.12. The summed E-state index contributed by atoms with van der Waals surface area (Å²) in [5.74, 6) is -0.202. The van der Waals surface area contributed by atoms with Gasteiger partial charge in [-0.1, -0.05) is 6.92 Å². The number of aromatic nitrogens is 3. The van der Waals surface area contributed by atoms with Crippen LogP contribution in [0.1, 0.15) is 19.2 Å². The van der Waals surface area contributed by atoms with E-state index in [4.69, 9.17) is 15.4 Å². The Bertz CT molecular complexity index is 733. The molecule has 1 aromatic carbocycles. The van der Waals surface area contributed by atoms with E-state index in [0.29, 0.717) is 12.4 Å². The van der Waals surface area contributed by atoms with Crippen LogP contribution in [-0.2, 0) is 22.2 Å². The molecule has 0 unspecified atom stereocenters. The minimum atomic E-state index is -4.10. The van der Waals surface area contributed by atoms with Crippen molar-refractivity contribution < 1.29 is 17.5 Å². The standard InChI is InChI=1S/C12H13ClFN3O3S/c1-2-5-17-12(15-8-16-17)7-20-10-4-3-9(14)6-11(10)21(13,18)19/h3-4,6,8H,2,5,7H2,1H3. The van der Waals surface area contributed by atoms with Crippen LogP contribution in [0.4, 0.5) is 4.39 Å². The van der Waals surface area contributed by atoms with Crippen molar-refractivity contribution in [2.24, 2.45) is 0 Å². The first-order chi connectivity index (χ1) is 9.91. The Hall–Kier alpha value is -1.67. The molecule has 0 saturated carbocycles. The van der Waals surface area contributed by atoms with Crippen LogP contribution < -0.4 is 4.74 Å². The summed E-state index contributed by atoms with van der Waals surface area (Å²) >= 11 is 0. The average Bonchev–Trinajstić information content (AvgIpc) is 2.84. The summed E-state index contributed by atoms with van der Waals surface area (Å²) in [6.07, 6.45) is 2.26. The first-order valence-corrected chi connectivity index (χ1v) is 8.46. The molecular weight excluding hydrogens is 321 g/mol. The number of aryl methyl sites for hydroxylation is 1. The first-order valence-electron chi connectivity index (χ1n) is 6.15. The Balaban J connectivity index is 2.22. The number of ether oxygens (including phenoxy) is 1. The molecule has 0 aliphatic carbocycles. The van der Waals surface area contributed by atoms with Crippen LogP contribution in [0.15, 0.2) is 29.4 Å². The molecule has 1 aromatic heterocycles. The van der Waals surface area contributed by atoms with E-state index >= 15 is 0 Å². The van der Waals surface area contributed by atoms with Gasteiger partial charge in [-0.25, -0.2) is 22.5 Å². The number of halogens is 2. The van der Waals surface area contributed by atoms with Gasteiger partial charge in [0.2, 0.25) is 0 Å². The topological polar surface area (TPSA) is 74.1 Å². The van der Waals surface area contributed by atoms with Crippen LogP contribution >= 0.6 is 10.7 Å². The fraction of sp³-hybridized carbons (Fsp3) is 0.333. The second-order valence-corrected chi connectivity index (χ2v) is 6.75. The molecule has 6 nitrogen and oxygen atoms in total. The van der Waals surface area contributed by atoms with E-state index in [0.717, 1.165) is 18.6 Å². The minimum Gasteiger partial charge on any atom is -0.484 e. The van der Waals surface area contributed by atoms with Gasteiger partial charge in [-0.3, -0.25) is 0 Å². The van der Waals surface area contributed by atoms with E-state index in [-0.39, 0.29) is 12.4 Å². The summed E-state index contributed by atoms with van der Waals surface area (Å²) in [4.78, 5) is 3.62. The maximum atomic E-state index is 13.2. The summed E-state index contributed by atoms with van der Waals surface area (Å²) in [5.41, 5.74) is 0. The van der Waals surface area contributed by atoms with Gasteiger partial charge < -0.3 is 4.74 Å². The Labute approximate surface area is 125 Å². The van der Waals surface area contributed by atoms with Gasteiger partial charge in [0.1, 0.15) is 29.4 Å². The van der Waals surface area contributed by atoms with Gasteiger partial charge >= 0.3 is 0 Å². The van der Waals surface area contributed by atoms with Crippen LogP contribution in [-0.4, -0.2) is 23.2 Å². The van der Waals surface area contributed by atoms with Crippen LogP contribution in [0.3, 0.4) is 0 Å². The van der Waals surface area contributed by atoms with Gasteiger partial charge in [-0.05, 0) is 24.6 Å². The van der Waals surface area contributed by atoms with Gasteiger partial charge in [-0.15, -0.1) is 0 Å². The van der Waals surface area contributed by atoms with E-state index in [1.54, 1.807) is 4.68 Å². The van der Waals surface area contributed by atoms with E-state index in [1.807, 2.05) is 6.92 Å². The normalized spacial score (nSPS) is 11.6. The molecule has 1 heterocycles. The second kappa shape index (κ2) is 6.40. The highest BCUT2D eigenvalue weighted by Gasteiger charge is 2.18. The fourth-order valence-corrected chi connectivity index (χ4v) is 2.71. The summed E-state index contributed by atoms with van der Waals surface area (Å²) in [7, 11) is 1.17. The molecular formula is C12H13ClFN3O3S. The van der Waals surface area contributed by atoms with Crippen molar-refractivity contribution in [2.75, 3.05) is 0 Å². The summed E-state index contributed by atoms with van der Waals surface area (Å²) < 4.78 is 43.0. The first kappa shape index (κ1) is 15.7. The van der Waals surface area contributed by atoms with Crippen molar-refractivity contribution in [1.82, 2.24) is 14.8 Å². The van der Waals surface area contributed by atoms with Gasteiger partial charge in [0.25, 0.3) is 9.05 Å². The lowest BCUT2D eigenvalue weighted by Gasteiger charge is -2.10. The molecule has 0 atom stereocenters. The van der Waals surface area contributed by atoms with Crippen molar-refractivity contribution in [1.29, 1.82) is 0 Å². The molecule has 0 N–H and O–H groups in total. The van der Waals surface area contributed by atoms with Gasteiger partial charge in [0.15, 0.2) is 5.82 Å². The Morgan fingerprint density at radius 1 is 1.43 bits per heavy atom. The van der Waals surface area contributed by atoms with Crippen LogP contribution in [0, 0.1) is 5.82 Å². The molecule has 114 valence electrons. The fourth-order valence-electron chi connectivity index (χ4n) is 1.73. The van der Waals surface area contributed by atoms with Crippen molar-refractivity contribution in [3.05, 3.63) is 36.2 Å². The predicted octanol–water partition coefficient (Wildman–Crippen LogP) is 2.33. The number of rotatable bonds is 6. The summed E-state index contributed by atoms with van der Waals surface area (Å²) in [6.45, 7) is 2.66. The molecule has 2 rings (SSSR count). The van der Waals surface area contributed by atoms with E-state index in [9.17, 15) is 12.8 Å². The van der Waals surface area contributed by atoms with Gasteiger partial charge in [-0.2, -0.15) is 5.10 Å². The van der Waals surface area contributed by atoms with E-state index in [1.165, 1.54) is 12.4 Å². The van der Waals surface area contributed by atoms with Crippen molar-refractivity contribution in [3.8, 4) is 5.75 Å². The minimum absolute atomic E-state index is 0.00500. The second-order valence-electron chi connectivity index (χ2n) is 4.22. The van der Waals surface area contributed by atoms with Crippen molar-refractivity contribution in [3.63, 3.8) is 0 Å². The SMILES string of the molecule is CCCn1ncnc1COc1ccc(F)cc1S(=O)(=O)Cl. The molecule has 0 saturated heterocycles.